The zero-order valence-electron chi connectivity index (χ0n) is 11.7. The lowest BCUT2D eigenvalue weighted by molar-refractivity contribution is -0.157. The van der Waals surface area contributed by atoms with Crippen LogP contribution in [0.4, 0.5) is 13.2 Å². The van der Waals surface area contributed by atoms with Crippen LogP contribution in [-0.2, 0) is 4.79 Å². The lowest BCUT2D eigenvalue weighted by atomic mass is 10.1. The number of furan rings is 1. The second-order valence-electron chi connectivity index (χ2n) is 4.96. The van der Waals surface area contributed by atoms with Crippen LogP contribution in [0, 0.1) is 6.92 Å². The lowest BCUT2D eigenvalue weighted by Gasteiger charge is -2.15. The van der Waals surface area contributed by atoms with Gasteiger partial charge >= 0.3 is 12.1 Å². The molecule has 0 saturated heterocycles. The van der Waals surface area contributed by atoms with Gasteiger partial charge in [0.1, 0.15) is 17.6 Å². The molecule has 1 aromatic rings. The Balaban J connectivity index is 2.90. The second-order valence-corrected chi connectivity index (χ2v) is 4.96. The highest BCUT2D eigenvalue weighted by atomic mass is 19.4. The van der Waals surface area contributed by atoms with Crippen molar-refractivity contribution < 1.29 is 32.3 Å². The second kappa shape index (κ2) is 6.19. The molecule has 1 unspecified atom stereocenters. The third-order valence-corrected chi connectivity index (χ3v) is 2.79. The first kappa shape index (κ1) is 17.1. The molecule has 0 fully saturated rings. The Morgan fingerprint density at radius 1 is 1.38 bits per heavy atom. The van der Waals surface area contributed by atoms with Crippen molar-refractivity contribution >= 4 is 11.9 Å². The predicted octanol–water partition coefficient (Wildman–Crippen LogP) is 2.85. The predicted molar refractivity (Wildman–Crippen MR) is 67.1 cm³/mol. The molecule has 1 atom stereocenters. The Morgan fingerprint density at radius 3 is 2.33 bits per heavy atom. The molecule has 1 aromatic heterocycles. The highest BCUT2D eigenvalue weighted by Crippen LogP contribution is 2.24. The van der Waals surface area contributed by atoms with E-state index in [0.717, 1.165) is 0 Å². The molecule has 0 saturated carbocycles. The van der Waals surface area contributed by atoms with E-state index in [0.29, 0.717) is 5.76 Å². The molecule has 1 amide bonds. The van der Waals surface area contributed by atoms with E-state index in [9.17, 15) is 22.8 Å². The SMILES string of the molecule is Cc1oc(C(C)C)cc1C(=O)NC(CC(F)(F)F)C(=O)O. The average Bonchev–Trinajstić information content (AvgIpc) is 2.68. The van der Waals surface area contributed by atoms with E-state index in [4.69, 9.17) is 9.52 Å². The number of carbonyl (C=O) groups excluding carboxylic acids is 1. The van der Waals surface area contributed by atoms with Gasteiger partial charge in [0, 0.05) is 5.92 Å². The first-order chi connectivity index (χ1) is 9.51. The minimum atomic E-state index is -4.69. The van der Waals surface area contributed by atoms with Crippen LogP contribution >= 0.6 is 0 Å². The average molecular weight is 307 g/mol. The van der Waals surface area contributed by atoms with E-state index in [1.807, 2.05) is 19.2 Å². The van der Waals surface area contributed by atoms with Crippen LogP contribution in [0.5, 0.6) is 0 Å². The summed E-state index contributed by atoms with van der Waals surface area (Å²) >= 11 is 0. The molecular formula is C13H16F3NO4. The summed E-state index contributed by atoms with van der Waals surface area (Å²) in [4.78, 5) is 22.7. The number of nitrogens with one attached hydrogen (secondary N) is 1. The fourth-order valence-electron chi connectivity index (χ4n) is 1.68. The van der Waals surface area contributed by atoms with E-state index in [1.54, 1.807) is 0 Å². The van der Waals surface area contributed by atoms with Crippen molar-refractivity contribution in [1.82, 2.24) is 5.32 Å². The first-order valence-electron chi connectivity index (χ1n) is 6.22. The van der Waals surface area contributed by atoms with Crippen molar-refractivity contribution in [3.63, 3.8) is 0 Å². The van der Waals surface area contributed by atoms with Crippen LogP contribution in [-0.4, -0.2) is 29.2 Å². The maximum atomic E-state index is 12.3. The van der Waals surface area contributed by atoms with Crippen molar-refractivity contribution in [2.75, 3.05) is 0 Å². The fraction of sp³-hybridized carbons (Fsp3) is 0.538. The molecule has 0 aromatic carbocycles. The lowest BCUT2D eigenvalue weighted by Crippen LogP contribution is -2.43. The van der Waals surface area contributed by atoms with Gasteiger partial charge < -0.3 is 14.8 Å². The topological polar surface area (TPSA) is 79.5 Å². The molecule has 0 aliphatic heterocycles. The van der Waals surface area contributed by atoms with Gasteiger partial charge in [0.15, 0.2) is 0 Å². The summed E-state index contributed by atoms with van der Waals surface area (Å²) in [5, 5.41) is 10.6. The first-order valence-corrected chi connectivity index (χ1v) is 6.22. The van der Waals surface area contributed by atoms with Gasteiger partial charge in [0.2, 0.25) is 0 Å². The minimum absolute atomic E-state index is 0.00399. The number of aryl methyl sites for hydroxylation is 1. The standard InChI is InChI=1S/C13H16F3NO4/c1-6(2)10-4-8(7(3)21-10)11(18)17-9(12(19)20)5-13(14,15)16/h4,6,9H,5H2,1-3H3,(H,17,18)(H,19,20). The monoisotopic (exact) mass is 307 g/mol. The van der Waals surface area contributed by atoms with Crippen LogP contribution in [0.1, 0.15) is 48.1 Å². The van der Waals surface area contributed by atoms with Gasteiger partial charge in [0.25, 0.3) is 5.91 Å². The molecule has 8 heteroatoms. The van der Waals surface area contributed by atoms with E-state index in [1.165, 1.54) is 13.0 Å². The van der Waals surface area contributed by atoms with Gasteiger partial charge in [0.05, 0.1) is 12.0 Å². The summed E-state index contributed by atoms with van der Waals surface area (Å²) < 4.78 is 42.1. The number of carboxylic acids is 1. The van der Waals surface area contributed by atoms with E-state index in [2.05, 4.69) is 0 Å². The molecule has 0 spiro atoms. The number of carbonyl (C=O) groups is 2. The zero-order valence-corrected chi connectivity index (χ0v) is 11.7. The quantitative estimate of drug-likeness (QED) is 0.876. The molecule has 0 bridgehead atoms. The van der Waals surface area contributed by atoms with E-state index in [-0.39, 0.29) is 17.2 Å². The molecular weight excluding hydrogens is 291 g/mol. The van der Waals surface area contributed by atoms with Gasteiger partial charge in [-0.25, -0.2) is 4.79 Å². The third-order valence-electron chi connectivity index (χ3n) is 2.79. The zero-order chi connectivity index (χ0) is 16.4. The van der Waals surface area contributed by atoms with Crippen LogP contribution < -0.4 is 5.32 Å². The maximum Gasteiger partial charge on any atom is 0.391 e. The largest absolute Gasteiger partial charge is 0.480 e. The van der Waals surface area contributed by atoms with Crippen LogP contribution in [0.15, 0.2) is 10.5 Å². The molecule has 1 rings (SSSR count). The summed E-state index contributed by atoms with van der Waals surface area (Å²) in [5.41, 5.74) is 0.0344. The summed E-state index contributed by atoms with van der Waals surface area (Å²) in [6, 6.07) is -0.628. The Bertz CT molecular complexity index is 534. The fourth-order valence-corrected chi connectivity index (χ4v) is 1.68. The Morgan fingerprint density at radius 2 is 1.95 bits per heavy atom. The number of halogens is 3. The van der Waals surface area contributed by atoms with Crippen molar-refractivity contribution in [3.05, 3.63) is 23.2 Å². The number of aliphatic carboxylic acids is 1. The number of hydrogen-bond donors (Lipinski definition) is 2. The molecule has 0 aliphatic carbocycles. The van der Waals surface area contributed by atoms with Crippen molar-refractivity contribution in [3.8, 4) is 0 Å². The summed E-state index contributed by atoms with van der Waals surface area (Å²) in [5.74, 6) is -1.92. The van der Waals surface area contributed by atoms with Gasteiger partial charge in [-0.05, 0) is 13.0 Å². The van der Waals surface area contributed by atoms with Gasteiger partial charge in [-0.2, -0.15) is 13.2 Å². The molecule has 0 radical (unpaired) electrons. The smallest absolute Gasteiger partial charge is 0.391 e. The number of hydrogen-bond acceptors (Lipinski definition) is 3. The Labute approximate surface area is 119 Å². The number of alkyl halides is 3. The van der Waals surface area contributed by atoms with Crippen molar-refractivity contribution in [2.24, 2.45) is 0 Å². The van der Waals surface area contributed by atoms with E-state index < -0.39 is 30.5 Å². The number of carboxylic acid groups (broad SMARTS) is 1. The molecule has 2 N–H and O–H groups in total. The normalized spacial score (nSPS) is 13.3. The highest BCUT2D eigenvalue weighted by molar-refractivity contribution is 5.97. The molecule has 118 valence electrons. The van der Waals surface area contributed by atoms with Gasteiger partial charge in [-0.1, -0.05) is 13.8 Å². The molecule has 5 nitrogen and oxygen atoms in total. The van der Waals surface area contributed by atoms with Crippen molar-refractivity contribution in [1.29, 1.82) is 0 Å². The highest BCUT2D eigenvalue weighted by Gasteiger charge is 2.36. The number of rotatable bonds is 5. The summed E-state index contributed by atoms with van der Waals surface area (Å²) in [6.07, 6.45) is -6.33. The minimum Gasteiger partial charge on any atom is -0.480 e. The summed E-state index contributed by atoms with van der Waals surface area (Å²) in [6.45, 7) is 5.13. The van der Waals surface area contributed by atoms with Crippen molar-refractivity contribution in [2.45, 2.75) is 45.3 Å². The van der Waals surface area contributed by atoms with Crippen LogP contribution in [0.25, 0.3) is 0 Å². The molecule has 0 aliphatic rings. The Hall–Kier alpha value is -1.99. The Kier molecular flexibility index (Phi) is 5.03. The summed E-state index contributed by atoms with van der Waals surface area (Å²) in [7, 11) is 0. The van der Waals surface area contributed by atoms with Gasteiger partial charge in [-0.15, -0.1) is 0 Å². The third kappa shape index (κ3) is 4.80. The molecule has 1 heterocycles. The van der Waals surface area contributed by atoms with Gasteiger partial charge in [-0.3, -0.25) is 4.79 Å². The van der Waals surface area contributed by atoms with Crippen LogP contribution in [0.3, 0.4) is 0 Å². The number of amides is 1. The molecule has 21 heavy (non-hydrogen) atoms. The van der Waals surface area contributed by atoms with Crippen LogP contribution in [0.2, 0.25) is 0 Å². The van der Waals surface area contributed by atoms with E-state index >= 15 is 0 Å². The maximum absolute atomic E-state index is 12.3.